The second-order valence-electron chi connectivity index (χ2n) is 4.84. The molecular formula is C14H22N2O2. The first-order valence-corrected chi connectivity index (χ1v) is 6.23. The number of carbonyl (C=O) groups excluding carboxylic acids is 1. The average molecular weight is 250 g/mol. The minimum Gasteiger partial charge on any atom is -0.394 e. The Morgan fingerprint density at radius 3 is 2.56 bits per heavy atom. The number of amides is 1. The second kappa shape index (κ2) is 6.52. The van der Waals surface area contributed by atoms with Crippen molar-refractivity contribution in [2.75, 3.05) is 6.61 Å². The van der Waals surface area contributed by atoms with Gasteiger partial charge in [-0.3, -0.25) is 4.79 Å². The maximum Gasteiger partial charge on any atom is 0.222 e. The lowest BCUT2D eigenvalue weighted by Gasteiger charge is -2.27. The summed E-state index contributed by atoms with van der Waals surface area (Å²) in [7, 11) is 0. The Balaban J connectivity index is 2.55. The molecule has 1 rings (SSSR count). The molecule has 4 nitrogen and oxygen atoms in total. The van der Waals surface area contributed by atoms with Gasteiger partial charge in [-0.2, -0.15) is 0 Å². The predicted octanol–water partition coefficient (Wildman–Crippen LogP) is 1.35. The van der Waals surface area contributed by atoms with E-state index >= 15 is 0 Å². The van der Waals surface area contributed by atoms with E-state index in [1.807, 2.05) is 44.2 Å². The molecule has 0 saturated carbocycles. The lowest BCUT2D eigenvalue weighted by atomic mass is 9.98. The monoisotopic (exact) mass is 250 g/mol. The lowest BCUT2D eigenvalue weighted by molar-refractivity contribution is -0.123. The quantitative estimate of drug-likeness (QED) is 0.713. The zero-order chi connectivity index (χ0) is 13.6. The molecular weight excluding hydrogens is 228 g/mol. The summed E-state index contributed by atoms with van der Waals surface area (Å²) >= 11 is 0. The fourth-order valence-electron chi connectivity index (χ4n) is 1.65. The zero-order valence-electron chi connectivity index (χ0n) is 11.0. The number of hydrogen-bond donors (Lipinski definition) is 3. The Hall–Kier alpha value is -1.39. The van der Waals surface area contributed by atoms with Crippen LogP contribution in [-0.4, -0.2) is 23.2 Å². The third-order valence-electron chi connectivity index (χ3n) is 3.20. The van der Waals surface area contributed by atoms with Crippen LogP contribution in [0.5, 0.6) is 0 Å². The summed E-state index contributed by atoms with van der Waals surface area (Å²) in [5.74, 6) is -0.134. The van der Waals surface area contributed by atoms with Gasteiger partial charge in [-0.15, -0.1) is 0 Å². The van der Waals surface area contributed by atoms with Gasteiger partial charge in [0, 0.05) is 12.5 Å². The maximum atomic E-state index is 11.9. The van der Waals surface area contributed by atoms with E-state index in [0.717, 1.165) is 5.56 Å². The van der Waals surface area contributed by atoms with Crippen LogP contribution in [0.3, 0.4) is 0 Å². The number of benzene rings is 1. The topological polar surface area (TPSA) is 75.3 Å². The van der Waals surface area contributed by atoms with Gasteiger partial charge in [-0.1, -0.05) is 37.3 Å². The Morgan fingerprint density at radius 2 is 2.06 bits per heavy atom. The Kier molecular flexibility index (Phi) is 5.31. The summed E-state index contributed by atoms with van der Waals surface area (Å²) in [5.41, 5.74) is 6.35. The van der Waals surface area contributed by atoms with Crippen molar-refractivity contribution in [1.29, 1.82) is 0 Å². The van der Waals surface area contributed by atoms with Gasteiger partial charge in [-0.25, -0.2) is 0 Å². The van der Waals surface area contributed by atoms with E-state index in [4.69, 9.17) is 5.73 Å². The molecule has 2 unspecified atom stereocenters. The highest BCUT2D eigenvalue weighted by atomic mass is 16.3. The number of rotatable bonds is 6. The van der Waals surface area contributed by atoms with Crippen LogP contribution in [0.15, 0.2) is 30.3 Å². The molecule has 0 aliphatic rings. The Labute approximate surface area is 108 Å². The zero-order valence-corrected chi connectivity index (χ0v) is 11.0. The van der Waals surface area contributed by atoms with Crippen LogP contribution in [0.1, 0.15) is 38.3 Å². The molecule has 1 amide bonds. The first-order chi connectivity index (χ1) is 8.50. The molecule has 4 heteroatoms. The first-order valence-electron chi connectivity index (χ1n) is 6.23. The van der Waals surface area contributed by atoms with Gasteiger partial charge in [0.05, 0.1) is 12.1 Å². The molecule has 0 aliphatic carbocycles. The molecule has 0 aromatic heterocycles. The highest BCUT2D eigenvalue weighted by Gasteiger charge is 2.24. The number of aliphatic hydroxyl groups is 1. The number of aliphatic hydroxyl groups excluding tert-OH is 1. The Bertz CT molecular complexity index is 375. The van der Waals surface area contributed by atoms with Crippen LogP contribution in [0.25, 0.3) is 0 Å². The fraction of sp³-hybridized carbons (Fsp3) is 0.500. The average Bonchev–Trinajstić information content (AvgIpc) is 2.39. The van der Waals surface area contributed by atoms with Gasteiger partial charge in [0.1, 0.15) is 0 Å². The van der Waals surface area contributed by atoms with Gasteiger partial charge in [0.15, 0.2) is 0 Å². The van der Waals surface area contributed by atoms with Crippen LogP contribution in [-0.2, 0) is 4.79 Å². The molecule has 0 radical (unpaired) electrons. The van der Waals surface area contributed by atoms with Crippen molar-refractivity contribution >= 4 is 5.91 Å². The van der Waals surface area contributed by atoms with Gasteiger partial charge in [0.2, 0.25) is 5.91 Å². The van der Waals surface area contributed by atoms with E-state index in [2.05, 4.69) is 5.32 Å². The number of nitrogens with one attached hydrogen (secondary N) is 1. The van der Waals surface area contributed by atoms with Crippen molar-refractivity contribution in [3.05, 3.63) is 35.9 Å². The van der Waals surface area contributed by atoms with E-state index < -0.39 is 5.54 Å². The van der Waals surface area contributed by atoms with Crippen LogP contribution in [0, 0.1) is 0 Å². The van der Waals surface area contributed by atoms with E-state index in [9.17, 15) is 9.90 Å². The maximum absolute atomic E-state index is 11.9. The summed E-state index contributed by atoms with van der Waals surface area (Å²) in [6, 6.07) is 9.21. The molecule has 2 atom stereocenters. The SMILES string of the molecule is CCC(C)(CO)NC(=O)CC(N)c1ccccc1. The molecule has 4 N–H and O–H groups in total. The molecule has 18 heavy (non-hydrogen) atoms. The van der Waals surface area contributed by atoms with Crippen molar-refractivity contribution in [3.63, 3.8) is 0 Å². The van der Waals surface area contributed by atoms with Crippen LogP contribution in [0.4, 0.5) is 0 Å². The number of nitrogens with two attached hydrogens (primary N) is 1. The molecule has 0 saturated heterocycles. The highest BCUT2D eigenvalue weighted by Crippen LogP contribution is 2.15. The lowest BCUT2D eigenvalue weighted by Crippen LogP contribution is -2.48. The van der Waals surface area contributed by atoms with E-state index in [-0.39, 0.29) is 25.0 Å². The summed E-state index contributed by atoms with van der Waals surface area (Å²) in [5, 5.41) is 12.1. The van der Waals surface area contributed by atoms with Crippen molar-refractivity contribution in [2.45, 2.75) is 38.3 Å². The minimum absolute atomic E-state index is 0.0736. The second-order valence-corrected chi connectivity index (χ2v) is 4.84. The Morgan fingerprint density at radius 1 is 1.44 bits per heavy atom. The molecule has 100 valence electrons. The van der Waals surface area contributed by atoms with E-state index in [1.54, 1.807) is 0 Å². The molecule has 1 aromatic carbocycles. The molecule has 0 aliphatic heterocycles. The van der Waals surface area contributed by atoms with Gasteiger partial charge in [-0.05, 0) is 18.9 Å². The largest absolute Gasteiger partial charge is 0.394 e. The van der Waals surface area contributed by atoms with Gasteiger partial charge < -0.3 is 16.2 Å². The van der Waals surface area contributed by atoms with Crippen LogP contribution < -0.4 is 11.1 Å². The predicted molar refractivity (Wildman–Crippen MR) is 71.9 cm³/mol. The van der Waals surface area contributed by atoms with Crippen molar-refractivity contribution in [1.82, 2.24) is 5.32 Å². The van der Waals surface area contributed by atoms with Crippen molar-refractivity contribution in [2.24, 2.45) is 5.73 Å². The van der Waals surface area contributed by atoms with E-state index in [0.29, 0.717) is 6.42 Å². The molecule has 0 spiro atoms. The third-order valence-corrected chi connectivity index (χ3v) is 3.20. The number of carbonyl (C=O) groups is 1. The molecule has 0 heterocycles. The van der Waals surface area contributed by atoms with Gasteiger partial charge in [0.25, 0.3) is 0 Å². The summed E-state index contributed by atoms with van der Waals surface area (Å²) < 4.78 is 0. The normalized spacial score (nSPS) is 15.8. The standard InChI is InChI=1S/C14H22N2O2/c1-3-14(2,10-17)16-13(18)9-12(15)11-7-5-4-6-8-11/h4-8,12,17H,3,9-10,15H2,1-2H3,(H,16,18). The van der Waals surface area contributed by atoms with Crippen molar-refractivity contribution in [3.8, 4) is 0 Å². The van der Waals surface area contributed by atoms with Crippen LogP contribution >= 0.6 is 0 Å². The third kappa shape index (κ3) is 4.13. The molecule has 0 fully saturated rings. The first kappa shape index (κ1) is 14.7. The van der Waals surface area contributed by atoms with E-state index in [1.165, 1.54) is 0 Å². The molecule has 0 bridgehead atoms. The summed E-state index contributed by atoms with van der Waals surface area (Å²) in [6.07, 6.45) is 0.898. The number of hydrogen-bond acceptors (Lipinski definition) is 3. The minimum atomic E-state index is -0.562. The smallest absolute Gasteiger partial charge is 0.222 e. The molecule has 1 aromatic rings. The van der Waals surface area contributed by atoms with Crippen LogP contribution in [0.2, 0.25) is 0 Å². The fourth-order valence-corrected chi connectivity index (χ4v) is 1.65. The van der Waals surface area contributed by atoms with Gasteiger partial charge >= 0.3 is 0 Å². The summed E-state index contributed by atoms with van der Waals surface area (Å²) in [6.45, 7) is 3.67. The summed E-state index contributed by atoms with van der Waals surface area (Å²) in [4.78, 5) is 11.9. The van der Waals surface area contributed by atoms with Crippen molar-refractivity contribution < 1.29 is 9.90 Å². The highest BCUT2D eigenvalue weighted by molar-refractivity contribution is 5.77.